The van der Waals surface area contributed by atoms with Crippen molar-refractivity contribution in [1.82, 2.24) is 4.98 Å². The van der Waals surface area contributed by atoms with Gasteiger partial charge in [0, 0.05) is 12.1 Å². The summed E-state index contributed by atoms with van der Waals surface area (Å²) >= 11 is 0. The minimum Gasteiger partial charge on any atom is -0.448 e. The molecule has 0 radical (unpaired) electrons. The summed E-state index contributed by atoms with van der Waals surface area (Å²) in [5.74, 6) is 0. The summed E-state index contributed by atoms with van der Waals surface area (Å²) in [7, 11) is 0. The highest BCUT2D eigenvalue weighted by molar-refractivity contribution is 5.71. The van der Waals surface area contributed by atoms with Crippen LogP contribution in [0.2, 0.25) is 0 Å². The number of hydrogen-bond acceptors (Lipinski definition) is 3. The van der Waals surface area contributed by atoms with E-state index in [9.17, 15) is 9.59 Å². The van der Waals surface area contributed by atoms with E-state index in [1.54, 1.807) is 0 Å². The second-order valence-electron chi connectivity index (χ2n) is 2.35. The van der Waals surface area contributed by atoms with Crippen LogP contribution in [0.5, 0.6) is 0 Å². The molecule has 2 aromatic rings. The van der Waals surface area contributed by atoms with Crippen molar-refractivity contribution in [1.29, 1.82) is 0 Å². The fourth-order valence-corrected chi connectivity index (χ4v) is 0.996. The maximum atomic E-state index is 11.1. The largest absolute Gasteiger partial charge is 0.448 e. The van der Waals surface area contributed by atoms with Crippen molar-refractivity contribution in [3.63, 3.8) is 0 Å². The zero-order valence-electron chi connectivity index (χ0n) is 6.03. The first-order chi connectivity index (χ1) is 5.77. The first-order valence-electron chi connectivity index (χ1n) is 3.38. The molecule has 4 heteroatoms. The van der Waals surface area contributed by atoms with Crippen LogP contribution in [0.15, 0.2) is 38.5 Å². The lowest BCUT2D eigenvalue weighted by Crippen LogP contribution is -2.07. The lowest BCUT2D eigenvalue weighted by molar-refractivity contribution is 0.588. The minimum atomic E-state index is -0.281. The average molecular weight is 163 g/mol. The quantitative estimate of drug-likeness (QED) is 0.614. The van der Waals surface area contributed by atoms with Gasteiger partial charge in [0.2, 0.25) is 5.71 Å². The maximum absolute atomic E-state index is 11.1. The van der Waals surface area contributed by atoms with E-state index in [0.717, 1.165) is 0 Å². The van der Waals surface area contributed by atoms with Crippen LogP contribution in [0.25, 0.3) is 11.1 Å². The average Bonchev–Trinajstić information content (AvgIpc) is 2.04. The molecule has 1 N–H and O–H groups in total. The van der Waals surface area contributed by atoms with Gasteiger partial charge < -0.3 is 4.42 Å². The SMILES string of the molecule is O=c1ccc2c(=O)ccoc2[nH]1. The fourth-order valence-electron chi connectivity index (χ4n) is 0.996. The van der Waals surface area contributed by atoms with Gasteiger partial charge in [0.1, 0.15) is 0 Å². The monoisotopic (exact) mass is 163 g/mol. The van der Waals surface area contributed by atoms with E-state index in [2.05, 4.69) is 4.98 Å². The van der Waals surface area contributed by atoms with Gasteiger partial charge in [-0.3, -0.25) is 14.6 Å². The van der Waals surface area contributed by atoms with Gasteiger partial charge in [0.25, 0.3) is 5.56 Å². The zero-order valence-corrected chi connectivity index (χ0v) is 6.03. The Balaban J connectivity index is 3.06. The first kappa shape index (κ1) is 6.84. The summed E-state index contributed by atoms with van der Waals surface area (Å²) < 4.78 is 4.92. The molecule has 0 saturated carbocycles. The van der Waals surface area contributed by atoms with Crippen LogP contribution in [0.4, 0.5) is 0 Å². The van der Waals surface area contributed by atoms with Gasteiger partial charge in [-0.25, -0.2) is 0 Å². The number of hydrogen-bond donors (Lipinski definition) is 1. The maximum Gasteiger partial charge on any atom is 0.250 e. The van der Waals surface area contributed by atoms with Crippen LogP contribution >= 0.6 is 0 Å². The third-order valence-electron chi connectivity index (χ3n) is 1.55. The molecule has 2 rings (SSSR count). The molecule has 0 spiro atoms. The van der Waals surface area contributed by atoms with Crippen LogP contribution in [-0.4, -0.2) is 4.98 Å². The molecule has 0 fully saturated rings. The van der Waals surface area contributed by atoms with E-state index in [1.807, 2.05) is 0 Å². The Morgan fingerprint density at radius 3 is 2.83 bits per heavy atom. The van der Waals surface area contributed by atoms with Crippen LogP contribution in [0.3, 0.4) is 0 Å². The Kier molecular flexibility index (Phi) is 1.33. The Labute approximate surface area is 66.5 Å². The highest BCUT2D eigenvalue weighted by Crippen LogP contribution is 2.00. The van der Waals surface area contributed by atoms with E-state index in [1.165, 1.54) is 24.5 Å². The molecule has 0 amide bonds. The molecule has 0 aliphatic rings. The van der Waals surface area contributed by atoms with Gasteiger partial charge in [-0.1, -0.05) is 0 Å². The molecule has 0 atom stereocenters. The number of rotatable bonds is 0. The molecule has 0 bridgehead atoms. The summed E-state index contributed by atoms with van der Waals surface area (Å²) in [5, 5.41) is 0.386. The summed E-state index contributed by atoms with van der Waals surface area (Å²) in [6.45, 7) is 0. The molecule has 0 aromatic carbocycles. The second kappa shape index (κ2) is 2.34. The number of nitrogens with one attached hydrogen (secondary N) is 1. The predicted molar refractivity (Wildman–Crippen MR) is 43.1 cm³/mol. The fraction of sp³-hybridized carbons (Fsp3) is 0. The van der Waals surface area contributed by atoms with E-state index >= 15 is 0 Å². The first-order valence-corrected chi connectivity index (χ1v) is 3.38. The molecular formula is C8H5NO3. The van der Waals surface area contributed by atoms with E-state index in [4.69, 9.17) is 4.42 Å². The number of pyridine rings is 1. The van der Waals surface area contributed by atoms with Gasteiger partial charge in [0.15, 0.2) is 5.43 Å². The van der Waals surface area contributed by atoms with Crippen molar-refractivity contribution >= 4 is 11.1 Å². The van der Waals surface area contributed by atoms with Crippen molar-refractivity contribution in [3.05, 3.63) is 45.0 Å². The van der Waals surface area contributed by atoms with Gasteiger partial charge >= 0.3 is 0 Å². The number of H-pyrrole nitrogens is 1. The normalized spacial score (nSPS) is 10.3. The van der Waals surface area contributed by atoms with E-state index in [0.29, 0.717) is 5.39 Å². The molecule has 12 heavy (non-hydrogen) atoms. The van der Waals surface area contributed by atoms with Gasteiger partial charge in [-0.05, 0) is 6.07 Å². The van der Waals surface area contributed by atoms with Crippen molar-refractivity contribution < 1.29 is 4.42 Å². The molecule has 0 aliphatic carbocycles. The van der Waals surface area contributed by atoms with Gasteiger partial charge in [0.05, 0.1) is 11.6 Å². The van der Waals surface area contributed by atoms with Crippen LogP contribution < -0.4 is 11.0 Å². The van der Waals surface area contributed by atoms with E-state index in [-0.39, 0.29) is 16.7 Å². The standard InChI is InChI=1S/C8H5NO3/c10-6-3-4-12-8-5(6)1-2-7(11)9-8/h1-4H,(H,9,11). The van der Waals surface area contributed by atoms with Crippen LogP contribution in [0, 0.1) is 0 Å². The molecule has 4 nitrogen and oxygen atoms in total. The van der Waals surface area contributed by atoms with Crippen molar-refractivity contribution in [2.24, 2.45) is 0 Å². The highest BCUT2D eigenvalue weighted by Gasteiger charge is 1.98. The summed E-state index contributed by atoms with van der Waals surface area (Å²) in [6.07, 6.45) is 1.25. The van der Waals surface area contributed by atoms with Gasteiger partial charge in [-0.2, -0.15) is 0 Å². The molecule has 0 saturated heterocycles. The Hall–Kier alpha value is -1.84. The summed E-state index contributed by atoms with van der Waals surface area (Å²) in [4.78, 5) is 24.3. The Morgan fingerprint density at radius 2 is 2.00 bits per heavy atom. The number of aromatic nitrogens is 1. The smallest absolute Gasteiger partial charge is 0.250 e. The molecular weight excluding hydrogens is 158 g/mol. The molecule has 0 unspecified atom stereocenters. The van der Waals surface area contributed by atoms with Crippen molar-refractivity contribution in [2.45, 2.75) is 0 Å². The van der Waals surface area contributed by atoms with Gasteiger partial charge in [-0.15, -0.1) is 0 Å². The minimum absolute atomic E-state index is 0.160. The number of aromatic amines is 1. The molecule has 60 valence electrons. The third-order valence-corrected chi connectivity index (χ3v) is 1.55. The summed E-state index contributed by atoms with van der Waals surface area (Å²) in [6, 6.07) is 4.04. The highest BCUT2D eigenvalue weighted by atomic mass is 16.3. The molecule has 0 aliphatic heterocycles. The summed E-state index contributed by atoms with van der Waals surface area (Å²) in [5.41, 5.74) is -0.223. The second-order valence-corrected chi connectivity index (χ2v) is 2.35. The van der Waals surface area contributed by atoms with Crippen LogP contribution in [0.1, 0.15) is 0 Å². The molecule has 2 heterocycles. The third kappa shape index (κ3) is 0.934. The van der Waals surface area contributed by atoms with Crippen molar-refractivity contribution in [3.8, 4) is 0 Å². The van der Waals surface area contributed by atoms with Crippen molar-refractivity contribution in [2.75, 3.05) is 0 Å². The molecule has 2 aromatic heterocycles. The topological polar surface area (TPSA) is 63.1 Å². The Bertz CT molecular complexity index is 523. The number of fused-ring (bicyclic) bond motifs is 1. The van der Waals surface area contributed by atoms with Crippen LogP contribution in [-0.2, 0) is 0 Å². The predicted octanol–water partition coefficient (Wildman–Crippen LogP) is 0.481. The zero-order chi connectivity index (χ0) is 8.55. The lowest BCUT2D eigenvalue weighted by atomic mass is 10.3. The van der Waals surface area contributed by atoms with E-state index < -0.39 is 0 Å². The Morgan fingerprint density at radius 1 is 1.17 bits per heavy atom. The lowest BCUT2D eigenvalue weighted by Gasteiger charge is -1.91.